The molecule has 4 nitrogen and oxygen atoms in total. The van der Waals surface area contributed by atoms with Gasteiger partial charge in [-0.1, -0.05) is 207 Å². The van der Waals surface area contributed by atoms with Crippen molar-refractivity contribution < 1.29 is 17.3 Å². The van der Waals surface area contributed by atoms with Gasteiger partial charge in [-0.3, -0.25) is 27.2 Å². The van der Waals surface area contributed by atoms with E-state index < -0.39 is 14.8 Å². The predicted molar refractivity (Wildman–Crippen MR) is 271 cm³/mol. The summed E-state index contributed by atoms with van der Waals surface area (Å²) in [5.41, 5.74) is 0.877. The molecule has 0 N–H and O–H groups in total. The largest absolute Gasteiger partial charge is 0.673 e. The Bertz CT molecular complexity index is 1280. The average molecular weight is 1000 g/mol. The first-order chi connectivity index (χ1) is 30.2. The van der Waals surface area contributed by atoms with Gasteiger partial charge in [0.25, 0.3) is 0 Å². The highest BCUT2D eigenvalue weighted by Crippen LogP contribution is 2.40. The van der Waals surface area contributed by atoms with E-state index in [2.05, 4.69) is 59.6 Å². The number of rotatable bonds is 41. The van der Waals surface area contributed by atoms with E-state index in [1.165, 1.54) is 138 Å². The van der Waals surface area contributed by atoms with Crippen molar-refractivity contribution in [3.8, 4) is 11.4 Å². The average Bonchev–Trinajstić information content (AvgIpc) is 3.25. The molecule has 0 aromatic carbocycles. The Morgan fingerprint density at radius 2 is 0.661 bits per heavy atom. The molecule has 2 rings (SSSR count). The molecule has 0 bridgehead atoms. The first-order valence-corrected chi connectivity index (χ1v) is 27.2. The third-order valence-corrected chi connectivity index (χ3v) is 13.6. The molecule has 62 heavy (non-hydrogen) atoms. The van der Waals surface area contributed by atoms with Crippen LogP contribution in [0.15, 0.2) is 33.5 Å². The number of hydrogen-bond donors (Lipinski definition) is 0. The Labute approximate surface area is 395 Å². The minimum Gasteiger partial charge on any atom is -0.354 e. The number of pyridine rings is 2. The third kappa shape index (κ3) is 24.8. The van der Waals surface area contributed by atoms with E-state index in [9.17, 15) is 0 Å². The Morgan fingerprint density at radius 3 is 0.903 bits per heavy atom. The van der Waals surface area contributed by atoms with Gasteiger partial charge in [0.15, 0.2) is 0 Å². The summed E-state index contributed by atoms with van der Waals surface area (Å²) in [5.74, 6) is 0.159. The number of anilines is 2. The molecule has 12 heteroatoms. The number of halogens is 6. The molecule has 0 saturated heterocycles. The lowest BCUT2D eigenvalue weighted by atomic mass is 9.90. The van der Waals surface area contributed by atoms with Gasteiger partial charge in [0, 0.05) is 34.4 Å². The first kappa shape index (κ1) is 56.8. The number of nitrogens with zero attached hydrogens (tertiary/aromatic N) is 4. The second kappa shape index (κ2) is 36.9. The van der Waals surface area contributed by atoms with Gasteiger partial charge < -0.3 is 9.62 Å². The molecular formula is C50H86B2Br2F4N4. The molecule has 2 aromatic rings. The zero-order valence-corrected chi connectivity index (χ0v) is 42.9. The molecule has 0 fully saturated rings. The summed E-state index contributed by atoms with van der Waals surface area (Å²) in [6.45, 7) is 9.26. The monoisotopic (exact) mass is 999 g/mol. The smallest absolute Gasteiger partial charge is 0.354 e. The summed E-state index contributed by atoms with van der Waals surface area (Å²) in [7, 11) is -5.59. The van der Waals surface area contributed by atoms with Gasteiger partial charge in [0.1, 0.15) is 11.4 Å². The van der Waals surface area contributed by atoms with Crippen molar-refractivity contribution in [3.63, 3.8) is 0 Å². The summed E-state index contributed by atoms with van der Waals surface area (Å²) in [4.78, 5) is 11.7. The molecule has 2 atom stereocenters. The van der Waals surface area contributed by atoms with Gasteiger partial charge in [0.2, 0.25) is 0 Å². The molecule has 0 aliphatic rings. The van der Waals surface area contributed by atoms with Crippen LogP contribution in [-0.2, 0) is 0 Å². The van der Waals surface area contributed by atoms with Crippen LogP contribution < -0.4 is 9.62 Å². The Balaban J connectivity index is 2.42. The van der Waals surface area contributed by atoms with Crippen molar-refractivity contribution in [3.05, 3.63) is 33.5 Å². The highest BCUT2D eigenvalue weighted by atomic mass is 79.9. The van der Waals surface area contributed by atoms with E-state index in [1.54, 1.807) is 24.5 Å². The minimum absolute atomic E-state index is 0.0797. The van der Waals surface area contributed by atoms with Gasteiger partial charge >= 0.3 is 14.8 Å². The van der Waals surface area contributed by atoms with Crippen LogP contribution in [0.1, 0.15) is 233 Å². The van der Waals surface area contributed by atoms with Crippen molar-refractivity contribution >= 4 is 58.0 Å². The third-order valence-electron chi connectivity index (χ3n) is 12.8. The van der Waals surface area contributed by atoms with Gasteiger partial charge in [-0.05, 0) is 81.5 Å². The van der Waals surface area contributed by atoms with Crippen LogP contribution in [0.2, 0.25) is 0 Å². The molecule has 2 unspecified atom stereocenters. The maximum atomic E-state index is 15.5. The van der Waals surface area contributed by atoms with Crippen LogP contribution >= 0.6 is 31.9 Å². The van der Waals surface area contributed by atoms with E-state index in [4.69, 9.17) is 9.97 Å². The normalized spacial score (nSPS) is 12.5. The summed E-state index contributed by atoms with van der Waals surface area (Å²) >= 11 is 7.05. The maximum absolute atomic E-state index is 15.5. The summed E-state index contributed by atoms with van der Waals surface area (Å²) in [6.07, 6.45) is 39.8. The fraction of sp³-hybridized carbons (Fsp3) is 0.800. The van der Waals surface area contributed by atoms with Crippen molar-refractivity contribution in [1.29, 1.82) is 0 Å². The quantitative estimate of drug-likeness (QED) is 0.0377. The number of aromatic nitrogens is 2. The second-order valence-electron chi connectivity index (χ2n) is 18.3. The molecule has 2 aromatic heterocycles. The van der Waals surface area contributed by atoms with Crippen LogP contribution in [0.5, 0.6) is 0 Å². The fourth-order valence-electron chi connectivity index (χ4n) is 9.00. The maximum Gasteiger partial charge on any atom is 0.673 e. The molecule has 0 saturated carbocycles. The Kier molecular flexibility index (Phi) is 33.8. The molecule has 0 amide bonds. The van der Waals surface area contributed by atoms with Crippen molar-refractivity contribution in [2.75, 3.05) is 22.7 Å². The minimum atomic E-state index is -2.80. The van der Waals surface area contributed by atoms with Crippen molar-refractivity contribution in [2.24, 2.45) is 11.8 Å². The Morgan fingerprint density at radius 1 is 0.419 bits per heavy atom. The molecule has 0 aliphatic heterocycles. The summed E-state index contributed by atoms with van der Waals surface area (Å²) in [5, 5.41) is 0. The van der Waals surface area contributed by atoms with Gasteiger partial charge in [-0.15, -0.1) is 0 Å². The molecule has 0 spiro atoms. The lowest BCUT2D eigenvalue weighted by molar-refractivity contribution is 0.405. The molecule has 354 valence electrons. The molecular weight excluding hydrogens is 914 g/mol. The van der Waals surface area contributed by atoms with Crippen molar-refractivity contribution in [1.82, 2.24) is 9.97 Å². The van der Waals surface area contributed by atoms with E-state index >= 15 is 17.3 Å². The van der Waals surface area contributed by atoms with E-state index in [0.29, 0.717) is 8.95 Å². The van der Waals surface area contributed by atoms with Crippen molar-refractivity contribution in [2.45, 2.75) is 233 Å². The number of hydrogen-bond acceptors (Lipinski definition) is 4. The highest BCUT2D eigenvalue weighted by molar-refractivity contribution is 9.10. The zero-order chi connectivity index (χ0) is 45.2. The van der Waals surface area contributed by atoms with Gasteiger partial charge in [-0.25, -0.2) is 0 Å². The fourth-order valence-corrected chi connectivity index (χ4v) is 9.64. The Hall–Kier alpha value is -1.29. The first-order valence-electron chi connectivity index (χ1n) is 25.6. The molecule has 2 heterocycles. The SMILES string of the molecule is CCCCCCCCCCC(CCCCCCCC)CN(B(F)F)c1cc(Br)cnc1-c1ncc(Br)cc1N(CC(CCCCCCCC)CCCCCCCCCC)B(F)F. The lowest BCUT2D eigenvalue weighted by Crippen LogP contribution is -2.39. The topological polar surface area (TPSA) is 32.3 Å². The van der Waals surface area contributed by atoms with E-state index in [1.807, 2.05) is 0 Å². The van der Waals surface area contributed by atoms with Gasteiger partial charge in [-0.2, -0.15) is 0 Å². The number of unbranched alkanes of at least 4 members (excludes halogenated alkanes) is 24. The van der Waals surface area contributed by atoms with E-state index in [0.717, 1.165) is 77.0 Å². The zero-order valence-electron chi connectivity index (χ0n) is 39.7. The van der Waals surface area contributed by atoms with Crippen LogP contribution in [-0.4, -0.2) is 37.9 Å². The highest BCUT2D eigenvalue weighted by Gasteiger charge is 2.35. The standard InChI is InChI=1S/C50H86B2Br2F4N4/c1-5-9-13-17-21-23-27-31-35-43(33-29-25-19-15-11-7-3)41-61(51(55)56)47-37-45(53)39-59-49(47)50-48(38-46(54)40-60-50)62(52(57)58)42-44(34-30-26-20-16-12-8-4)36-32-28-24-22-18-14-10-6-2/h37-40,43-44H,5-36,41-42H2,1-4H3. The second-order valence-corrected chi connectivity index (χ2v) is 20.1. The molecule has 0 radical (unpaired) electrons. The van der Waals surface area contributed by atoms with Crippen LogP contribution in [0, 0.1) is 11.8 Å². The van der Waals surface area contributed by atoms with E-state index in [-0.39, 0.29) is 47.7 Å². The lowest BCUT2D eigenvalue weighted by Gasteiger charge is -2.31. The van der Waals surface area contributed by atoms with Gasteiger partial charge in [0.05, 0.1) is 11.4 Å². The molecule has 0 aliphatic carbocycles. The summed E-state index contributed by atoms with van der Waals surface area (Å²) < 4.78 is 63.1. The van der Waals surface area contributed by atoms with Crippen LogP contribution in [0.3, 0.4) is 0 Å². The summed E-state index contributed by atoms with van der Waals surface area (Å²) in [6, 6.07) is 3.35. The van der Waals surface area contributed by atoms with Crippen LogP contribution in [0.4, 0.5) is 28.6 Å². The van der Waals surface area contributed by atoms with Crippen LogP contribution in [0.25, 0.3) is 11.4 Å². The predicted octanol–water partition coefficient (Wildman–Crippen LogP) is 18.9.